The maximum absolute atomic E-state index is 12.9. The molecule has 1 aliphatic heterocycles. The van der Waals surface area contributed by atoms with Crippen LogP contribution in [0.2, 0.25) is 0 Å². The minimum Gasteiger partial charge on any atom is -0.383 e. The number of methoxy groups -OCH3 is 1. The van der Waals surface area contributed by atoms with Crippen molar-refractivity contribution in [3.05, 3.63) is 36.0 Å². The highest BCUT2D eigenvalue weighted by atomic mass is 32.2. The van der Waals surface area contributed by atoms with Gasteiger partial charge in [-0.05, 0) is 13.0 Å². The summed E-state index contributed by atoms with van der Waals surface area (Å²) in [6.45, 7) is 2.33. The molecule has 6 nitrogen and oxygen atoms in total. The average molecular weight is 347 g/mol. The van der Waals surface area contributed by atoms with Crippen LogP contribution in [0, 0.1) is 0 Å². The summed E-state index contributed by atoms with van der Waals surface area (Å²) in [6.07, 6.45) is 1.72. The maximum Gasteiger partial charge on any atom is 0.257 e. The molecule has 2 atom stereocenters. The number of hydrogen-bond donors (Lipinski definition) is 2. The third-order valence-corrected chi connectivity index (χ3v) is 5.08. The Bertz CT molecular complexity index is 746. The molecule has 0 spiro atoms. The molecule has 1 aliphatic rings. The number of ether oxygens (including phenoxy) is 1. The summed E-state index contributed by atoms with van der Waals surface area (Å²) in [4.78, 5) is 30.2. The van der Waals surface area contributed by atoms with Crippen LogP contribution in [0.5, 0.6) is 0 Å². The average Bonchev–Trinajstić information content (AvgIpc) is 3.21. The summed E-state index contributed by atoms with van der Waals surface area (Å²) in [5.74, 6) is 0.893. The highest BCUT2D eigenvalue weighted by Crippen LogP contribution is 2.26. The van der Waals surface area contributed by atoms with Gasteiger partial charge < -0.3 is 19.9 Å². The molecule has 0 aliphatic carbocycles. The van der Waals surface area contributed by atoms with E-state index in [1.807, 2.05) is 31.2 Å². The van der Waals surface area contributed by atoms with Crippen LogP contribution in [0.25, 0.3) is 10.9 Å². The molecule has 2 amide bonds. The lowest BCUT2D eigenvalue weighted by molar-refractivity contribution is -0.125. The molecule has 1 fully saturated rings. The SMILES string of the molecule is COC[C@H](C)NC(=O)[C@H]1CSCN1C(=O)c1c[nH]c2ccccc12. The maximum atomic E-state index is 12.9. The quantitative estimate of drug-likeness (QED) is 0.865. The first kappa shape index (κ1) is 16.9. The van der Waals surface area contributed by atoms with E-state index in [-0.39, 0.29) is 17.9 Å². The summed E-state index contributed by atoms with van der Waals surface area (Å²) in [6, 6.07) is 7.14. The Kier molecular flexibility index (Phi) is 5.11. The predicted molar refractivity (Wildman–Crippen MR) is 95.1 cm³/mol. The topological polar surface area (TPSA) is 74.4 Å². The summed E-state index contributed by atoms with van der Waals surface area (Å²) in [5, 5.41) is 3.79. The van der Waals surface area contributed by atoms with Crippen molar-refractivity contribution < 1.29 is 14.3 Å². The molecule has 24 heavy (non-hydrogen) atoms. The standard InChI is InChI=1S/C17H21N3O3S/c1-11(8-23-2)19-16(21)15-9-24-10-20(15)17(22)13-7-18-14-6-4-3-5-12(13)14/h3-7,11,15,18H,8-10H2,1-2H3,(H,19,21)/t11-,15+/m0/s1. The van der Waals surface area contributed by atoms with E-state index in [4.69, 9.17) is 4.74 Å². The van der Waals surface area contributed by atoms with E-state index in [9.17, 15) is 9.59 Å². The Morgan fingerprint density at radius 1 is 1.46 bits per heavy atom. The number of H-pyrrole nitrogens is 1. The van der Waals surface area contributed by atoms with Gasteiger partial charge in [-0.3, -0.25) is 9.59 Å². The van der Waals surface area contributed by atoms with Gasteiger partial charge in [0.25, 0.3) is 5.91 Å². The molecular weight excluding hydrogens is 326 g/mol. The lowest BCUT2D eigenvalue weighted by atomic mass is 10.1. The fourth-order valence-corrected chi connectivity index (χ4v) is 4.05. The van der Waals surface area contributed by atoms with Crippen molar-refractivity contribution in [3.63, 3.8) is 0 Å². The number of carbonyl (C=O) groups excluding carboxylic acids is 2. The van der Waals surface area contributed by atoms with Gasteiger partial charge in [0.05, 0.1) is 18.0 Å². The van der Waals surface area contributed by atoms with Crippen LogP contribution in [-0.4, -0.2) is 59.1 Å². The number of rotatable bonds is 5. The minimum atomic E-state index is -0.449. The van der Waals surface area contributed by atoms with Gasteiger partial charge >= 0.3 is 0 Å². The van der Waals surface area contributed by atoms with E-state index >= 15 is 0 Å². The van der Waals surface area contributed by atoms with Crippen LogP contribution >= 0.6 is 11.8 Å². The zero-order valence-corrected chi connectivity index (χ0v) is 14.6. The first-order valence-electron chi connectivity index (χ1n) is 7.86. The lowest BCUT2D eigenvalue weighted by Gasteiger charge is -2.24. The first-order valence-corrected chi connectivity index (χ1v) is 9.01. The van der Waals surface area contributed by atoms with E-state index < -0.39 is 6.04 Å². The molecule has 0 saturated carbocycles. The molecule has 128 valence electrons. The number of benzene rings is 1. The molecule has 0 unspecified atom stereocenters. The highest BCUT2D eigenvalue weighted by Gasteiger charge is 2.36. The smallest absolute Gasteiger partial charge is 0.257 e. The van der Waals surface area contributed by atoms with E-state index in [1.54, 1.807) is 30.0 Å². The fraction of sp³-hybridized carbons (Fsp3) is 0.412. The number of thioether (sulfide) groups is 1. The number of aromatic amines is 1. The zero-order chi connectivity index (χ0) is 17.1. The van der Waals surface area contributed by atoms with E-state index in [0.29, 0.717) is 23.8 Å². The third kappa shape index (κ3) is 3.27. The van der Waals surface area contributed by atoms with Crippen molar-refractivity contribution in [2.45, 2.75) is 19.0 Å². The summed E-state index contributed by atoms with van der Waals surface area (Å²) in [5.41, 5.74) is 1.53. The number of aromatic nitrogens is 1. The minimum absolute atomic E-state index is 0.0851. The second-order valence-corrected chi connectivity index (χ2v) is 6.90. The van der Waals surface area contributed by atoms with Crippen LogP contribution in [-0.2, 0) is 9.53 Å². The van der Waals surface area contributed by atoms with E-state index in [1.165, 1.54) is 0 Å². The second-order valence-electron chi connectivity index (χ2n) is 5.90. The Morgan fingerprint density at radius 3 is 3.04 bits per heavy atom. The van der Waals surface area contributed by atoms with Gasteiger partial charge in [0.2, 0.25) is 5.91 Å². The van der Waals surface area contributed by atoms with Crippen molar-refractivity contribution in [1.29, 1.82) is 0 Å². The van der Waals surface area contributed by atoms with Crippen molar-refractivity contribution in [2.24, 2.45) is 0 Å². The van der Waals surface area contributed by atoms with Gasteiger partial charge in [-0.1, -0.05) is 18.2 Å². The van der Waals surface area contributed by atoms with Crippen LogP contribution in [0.3, 0.4) is 0 Å². The van der Waals surface area contributed by atoms with Gasteiger partial charge in [-0.15, -0.1) is 11.8 Å². The molecule has 1 aromatic heterocycles. The monoisotopic (exact) mass is 347 g/mol. The highest BCUT2D eigenvalue weighted by molar-refractivity contribution is 7.99. The predicted octanol–water partition coefficient (Wildman–Crippen LogP) is 1.83. The Morgan fingerprint density at radius 2 is 2.25 bits per heavy atom. The molecule has 0 bridgehead atoms. The first-order chi connectivity index (χ1) is 11.6. The summed E-state index contributed by atoms with van der Waals surface area (Å²) < 4.78 is 5.04. The molecular formula is C17H21N3O3S. The van der Waals surface area contributed by atoms with E-state index in [0.717, 1.165) is 10.9 Å². The van der Waals surface area contributed by atoms with Crippen LogP contribution in [0.4, 0.5) is 0 Å². The molecule has 3 rings (SSSR count). The largest absolute Gasteiger partial charge is 0.383 e. The number of para-hydroxylation sites is 1. The Labute approximate surface area is 144 Å². The van der Waals surface area contributed by atoms with Crippen LogP contribution in [0.15, 0.2) is 30.5 Å². The molecule has 7 heteroatoms. The van der Waals surface area contributed by atoms with Crippen molar-refractivity contribution in [1.82, 2.24) is 15.2 Å². The Hall–Kier alpha value is -1.99. The molecule has 2 aromatic rings. The summed E-state index contributed by atoms with van der Waals surface area (Å²) >= 11 is 1.59. The lowest BCUT2D eigenvalue weighted by Crippen LogP contribution is -2.50. The number of fused-ring (bicyclic) bond motifs is 1. The Balaban J connectivity index is 1.77. The number of nitrogens with zero attached hydrogens (tertiary/aromatic N) is 1. The number of hydrogen-bond acceptors (Lipinski definition) is 4. The number of amides is 2. The molecule has 1 aromatic carbocycles. The van der Waals surface area contributed by atoms with Crippen molar-refractivity contribution in [3.8, 4) is 0 Å². The van der Waals surface area contributed by atoms with Crippen molar-refractivity contribution in [2.75, 3.05) is 25.3 Å². The molecule has 1 saturated heterocycles. The van der Waals surface area contributed by atoms with E-state index in [2.05, 4.69) is 10.3 Å². The molecule has 2 heterocycles. The molecule has 0 radical (unpaired) electrons. The van der Waals surface area contributed by atoms with Gasteiger partial charge in [0.15, 0.2) is 0 Å². The van der Waals surface area contributed by atoms with Gasteiger partial charge in [0, 0.05) is 36.0 Å². The van der Waals surface area contributed by atoms with Gasteiger partial charge in [-0.2, -0.15) is 0 Å². The van der Waals surface area contributed by atoms with Crippen LogP contribution < -0.4 is 5.32 Å². The fourth-order valence-electron chi connectivity index (χ4n) is 2.89. The zero-order valence-electron chi connectivity index (χ0n) is 13.7. The molecule has 2 N–H and O–H groups in total. The normalized spacial score (nSPS) is 18.8. The summed E-state index contributed by atoms with van der Waals surface area (Å²) in [7, 11) is 1.60. The number of nitrogens with one attached hydrogen (secondary N) is 2. The second kappa shape index (κ2) is 7.27. The van der Waals surface area contributed by atoms with Gasteiger partial charge in [0.1, 0.15) is 6.04 Å². The van der Waals surface area contributed by atoms with Crippen LogP contribution in [0.1, 0.15) is 17.3 Å². The van der Waals surface area contributed by atoms with Crippen molar-refractivity contribution >= 4 is 34.5 Å². The van der Waals surface area contributed by atoms with Gasteiger partial charge in [-0.25, -0.2) is 0 Å². The number of carbonyl (C=O) groups is 2. The third-order valence-electron chi connectivity index (χ3n) is 4.07.